The standard InChI is InChI=1S/C18H32N2O/c1-4-7-8-9-10-11-12-21-18-14-16(15-19-6-3)13-17(5-2)20-18/h13-14,19H,4-12,15H2,1-3H3. The van der Waals surface area contributed by atoms with Gasteiger partial charge in [0.05, 0.1) is 6.61 Å². The summed E-state index contributed by atoms with van der Waals surface area (Å²) in [6.45, 7) is 9.17. The third kappa shape index (κ3) is 8.05. The quantitative estimate of drug-likeness (QED) is 0.576. The first-order valence-electron chi connectivity index (χ1n) is 8.63. The van der Waals surface area contributed by atoms with Gasteiger partial charge in [-0.05, 0) is 31.0 Å². The summed E-state index contributed by atoms with van der Waals surface area (Å²) >= 11 is 0. The van der Waals surface area contributed by atoms with Crippen LogP contribution in [0.1, 0.15) is 70.6 Å². The first kappa shape index (κ1) is 18.0. The summed E-state index contributed by atoms with van der Waals surface area (Å²) in [4.78, 5) is 4.56. The van der Waals surface area contributed by atoms with Crippen LogP contribution in [0.3, 0.4) is 0 Å². The van der Waals surface area contributed by atoms with Gasteiger partial charge < -0.3 is 10.1 Å². The van der Waals surface area contributed by atoms with Crippen LogP contribution in [0.15, 0.2) is 12.1 Å². The molecular formula is C18H32N2O. The van der Waals surface area contributed by atoms with Gasteiger partial charge in [0.25, 0.3) is 0 Å². The van der Waals surface area contributed by atoms with Gasteiger partial charge in [-0.1, -0.05) is 52.9 Å². The first-order valence-corrected chi connectivity index (χ1v) is 8.63. The zero-order chi connectivity index (χ0) is 15.3. The molecule has 0 saturated heterocycles. The number of pyridine rings is 1. The van der Waals surface area contributed by atoms with Crippen LogP contribution in [0.2, 0.25) is 0 Å². The molecular weight excluding hydrogens is 260 g/mol. The van der Waals surface area contributed by atoms with Crippen molar-refractivity contribution in [2.75, 3.05) is 13.2 Å². The Morgan fingerprint density at radius 1 is 1.00 bits per heavy atom. The molecule has 1 rings (SSSR count). The van der Waals surface area contributed by atoms with Gasteiger partial charge in [0.15, 0.2) is 0 Å². The molecule has 0 aliphatic rings. The number of nitrogens with zero attached hydrogens (tertiary/aromatic N) is 1. The zero-order valence-corrected chi connectivity index (χ0v) is 14.1. The molecule has 0 atom stereocenters. The number of rotatable bonds is 12. The highest BCUT2D eigenvalue weighted by Gasteiger charge is 2.03. The number of aryl methyl sites for hydroxylation is 1. The third-order valence-corrected chi connectivity index (χ3v) is 3.60. The van der Waals surface area contributed by atoms with Gasteiger partial charge in [-0.3, -0.25) is 0 Å². The fourth-order valence-corrected chi connectivity index (χ4v) is 2.31. The van der Waals surface area contributed by atoms with Crippen molar-refractivity contribution < 1.29 is 4.74 Å². The molecule has 1 N–H and O–H groups in total. The van der Waals surface area contributed by atoms with Crippen LogP contribution in [0.5, 0.6) is 5.88 Å². The molecule has 1 aromatic rings. The molecule has 0 radical (unpaired) electrons. The van der Waals surface area contributed by atoms with Crippen LogP contribution < -0.4 is 10.1 Å². The molecule has 0 fully saturated rings. The lowest BCUT2D eigenvalue weighted by Crippen LogP contribution is -2.12. The van der Waals surface area contributed by atoms with E-state index in [2.05, 4.69) is 43.2 Å². The maximum atomic E-state index is 5.84. The van der Waals surface area contributed by atoms with Crippen LogP contribution in [0.25, 0.3) is 0 Å². The van der Waals surface area contributed by atoms with Gasteiger partial charge in [0.1, 0.15) is 0 Å². The minimum atomic E-state index is 0.785. The van der Waals surface area contributed by atoms with Crippen molar-refractivity contribution in [2.45, 2.75) is 72.3 Å². The van der Waals surface area contributed by atoms with Crippen molar-refractivity contribution in [3.8, 4) is 5.88 Å². The van der Waals surface area contributed by atoms with Crippen molar-refractivity contribution >= 4 is 0 Å². The third-order valence-electron chi connectivity index (χ3n) is 3.60. The van der Waals surface area contributed by atoms with Gasteiger partial charge >= 0.3 is 0 Å². The topological polar surface area (TPSA) is 34.1 Å². The normalized spacial score (nSPS) is 10.8. The second-order valence-corrected chi connectivity index (χ2v) is 5.56. The van der Waals surface area contributed by atoms with Crippen LogP contribution in [0.4, 0.5) is 0 Å². The lowest BCUT2D eigenvalue weighted by molar-refractivity contribution is 0.292. The highest BCUT2D eigenvalue weighted by molar-refractivity contribution is 5.25. The molecule has 1 aromatic heterocycles. The fraction of sp³-hybridized carbons (Fsp3) is 0.722. The Morgan fingerprint density at radius 3 is 2.48 bits per heavy atom. The fourth-order valence-electron chi connectivity index (χ4n) is 2.31. The van der Waals surface area contributed by atoms with Crippen molar-refractivity contribution in [3.63, 3.8) is 0 Å². The monoisotopic (exact) mass is 292 g/mol. The molecule has 120 valence electrons. The number of aromatic nitrogens is 1. The summed E-state index contributed by atoms with van der Waals surface area (Å²) in [7, 11) is 0. The number of hydrogen-bond donors (Lipinski definition) is 1. The van der Waals surface area contributed by atoms with Gasteiger partial charge in [-0.25, -0.2) is 4.98 Å². The van der Waals surface area contributed by atoms with E-state index in [0.29, 0.717) is 0 Å². The van der Waals surface area contributed by atoms with E-state index < -0.39 is 0 Å². The summed E-state index contributed by atoms with van der Waals surface area (Å²) in [5.41, 5.74) is 2.38. The van der Waals surface area contributed by atoms with Gasteiger partial charge in [-0.15, -0.1) is 0 Å². The van der Waals surface area contributed by atoms with Crippen LogP contribution in [-0.2, 0) is 13.0 Å². The van der Waals surface area contributed by atoms with E-state index in [-0.39, 0.29) is 0 Å². The zero-order valence-electron chi connectivity index (χ0n) is 14.1. The summed E-state index contributed by atoms with van der Waals surface area (Å²) in [6.07, 6.45) is 8.68. The second kappa shape index (κ2) is 11.6. The summed E-state index contributed by atoms with van der Waals surface area (Å²) in [5, 5.41) is 3.36. The summed E-state index contributed by atoms with van der Waals surface area (Å²) < 4.78 is 5.84. The molecule has 0 aliphatic carbocycles. The molecule has 0 amide bonds. The predicted octanol–water partition coefficient (Wildman–Crippen LogP) is 4.49. The Labute approximate surface area is 130 Å². The van der Waals surface area contributed by atoms with Gasteiger partial charge in [0, 0.05) is 18.3 Å². The van der Waals surface area contributed by atoms with Crippen LogP contribution in [-0.4, -0.2) is 18.1 Å². The number of hydrogen-bond acceptors (Lipinski definition) is 3. The van der Waals surface area contributed by atoms with E-state index in [1.165, 1.54) is 37.7 Å². The summed E-state index contributed by atoms with van der Waals surface area (Å²) in [5.74, 6) is 0.788. The Bertz CT molecular complexity index is 379. The molecule has 21 heavy (non-hydrogen) atoms. The van der Waals surface area contributed by atoms with Crippen LogP contribution >= 0.6 is 0 Å². The summed E-state index contributed by atoms with van der Waals surface area (Å²) in [6, 6.07) is 4.24. The number of ether oxygens (including phenoxy) is 1. The van der Waals surface area contributed by atoms with Crippen LogP contribution in [0, 0.1) is 0 Å². The van der Waals surface area contributed by atoms with Crippen molar-refractivity contribution in [2.24, 2.45) is 0 Å². The Hall–Kier alpha value is -1.09. The van der Waals surface area contributed by atoms with E-state index in [9.17, 15) is 0 Å². The maximum absolute atomic E-state index is 5.84. The van der Waals surface area contributed by atoms with Crippen molar-refractivity contribution in [3.05, 3.63) is 23.4 Å². The smallest absolute Gasteiger partial charge is 0.213 e. The Morgan fingerprint density at radius 2 is 1.76 bits per heavy atom. The van der Waals surface area contributed by atoms with E-state index in [1.54, 1.807) is 0 Å². The Kier molecular flexibility index (Phi) is 9.88. The first-order chi connectivity index (χ1) is 10.3. The van der Waals surface area contributed by atoms with E-state index in [4.69, 9.17) is 4.74 Å². The van der Waals surface area contributed by atoms with E-state index >= 15 is 0 Å². The molecule has 0 aliphatic heterocycles. The molecule has 0 spiro atoms. The lowest BCUT2D eigenvalue weighted by atomic mass is 10.1. The SMILES string of the molecule is CCCCCCCCOc1cc(CNCC)cc(CC)n1. The minimum Gasteiger partial charge on any atom is -0.478 e. The number of unbranched alkanes of at least 4 members (excludes halogenated alkanes) is 5. The molecule has 0 unspecified atom stereocenters. The lowest BCUT2D eigenvalue weighted by Gasteiger charge is -2.10. The van der Waals surface area contributed by atoms with Gasteiger partial charge in [0.2, 0.25) is 5.88 Å². The van der Waals surface area contributed by atoms with Crippen molar-refractivity contribution in [1.29, 1.82) is 0 Å². The average Bonchev–Trinajstić information content (AvgIpc) is 2.51. The minimum absolute atomic E-state index is 0.785. The molecule has 0 aromatic carbocycles. The molecule has 3 heteroatoms. The maximum Gasteiger partial charge on any atom is 0.213 e. The molecule has 1 heterocycles. The predicted molar refractivity (Wildman–Crippen MR) is 89.9 cm³/mol. The van der Waals surface area contributed by atoms with E-state index in [1.807, 2.05) is 0 Å². The second-order valence-electron chi connectivity index (χ2n) is 5.56. The highest BCUT2D eigenvalue weighted by atomic mass is 16.5. The molecule has 0 saturated carbocycles. The Balaban J connectivity index is 2.35. The van der Waals surface area contributed by atoms with Gasteiger partial charge in [-0.2, -0.15) is 0 Å². The van der Waals surface area contributed by atoms with Crippen molar-refractivity contribution in [1.82, 2.24) is 10.3 Å². The average molecular weight is 292 g/mol. The molecule has 0 bridgehead atoms. The molecule has 3 nitrogen and oxygen atoms in total. The van der Waals surface area contributed by atoms with E-state index in [0.717, 1.165) is 44.1 Å². The largest absolute Gasteiger partial charge is 0.478 e. The highest BCUT2D eigenvalue weighted by Crippen LogP contribution is 2.14. The number of nitrogens with one attached hydrogen (secondary N) is 1.